The van der Waals surface area contributed by atoms with Gasteiger partial charge in [0.05, 0.1) is 11.4 Å². The second kappa shape index (κ2) is 8.81. The van der Waals surface area contributed by atoms with Crippen LogP contribution in [0.5, 0.6) is 0 Å². The first-order valence-electron chi connectivity index (χ1n) is 8.23. The number of aromatic nitrogens is 1. The lowest BCUT2D eigenvalue weighted by Crippen LogP contribution is -2.33. The predicted molar refractivity (Wildman–Crippen MR) is 94.0 cm³/mol. The van der Waals surface area contributed by atoms with E-state index in [0.717, 1.165) is 49.9 Å². The van der Waals surface area contributed by atoms with Crippen molar-refractivity contribution in [3.05, 3.63) is 36.2 Å². The smallest absolute Gasteiger partial charge is 0.0885 e. The fourth-order valence-electron chi connectivity index (χ4n) is 3.08. The van der Waals surface area contributed by atoms with Gasteiger partial charge in [-0.1, -0.05) is 13.0 Å². The third kappa shape index (κ3) is 4.49. The molecule has 0 aromatic carbocycles. The molecule has 1 saturated heterocycles. The van der Waals surface area contributed by atoms with Gasteiger partial charge in [-0.05, 0) is 69.1 Å². The molecule has 2 rings (SSSR count). The van der Waals surface area contributed by atoms with Crippen LogP contribution in [-0.2, 0) is 6.54 Å². The zero-order valence-corrected chi connectivity index (χ0v) is 13.6. The van der Waals surface area contributed by atoms with Gasteiger partial charge >= 0.3 is 0 Å². The minimum absolute atomic E-state index is 0.393. The fraction of sp³-hybridized carbons (Fsp3) is 0.556. The van der Waals surface area contributed by atoms with E-state index in [1.165, 1.54) is 18.4 Å². The topological polar surface area (TPSA) is 49.3 Å². The predicted octanol–water partition coefficient (Wildman–Crippen LogP) is 3.18. The zero-order valence-electron chi connectivity index (χ0n) is 13.6. The molecule has 1 atom stereocenters. The number of nitrogens with one attached hydrogen (secondary N) is 2. The third-order valence-corrected chi connectivity index (χ3v) is 4.42. The van der Waals surface area contributed by atoms with Crippen LogP contribution in [0, 0.1) is 5.92 Å². The molecule has 4 heteroatoms. The maximum Gasteiger partial charge on any atom is 0.0885 e. The zero-order chi connectivity index (χ0) is 15.8. The first-order chi connectivity index (χ1) is 10.8. The van der Waals surface area contributed by atoms with Crippen molar-refractivity contribution < 1.29 is 0 Å². The highest BCUT2D eigenvalue weighted by Gasteiger charge is 2.15. The quantitative estimate of drug-likeness (QED) is 0.572. The number of hydrogen-bond donors (Lipinski definition) is 2. The van der Waals surface area contributed by atoms with Gasteiger partial charge in [-0.15, -0.1) is 6.58 Å². The van der Waals surface area contributed by atoms with Crippen LogP contribution in [0.3, 0.4) is 0 Å². The molecule has 0 saturated carbocycles. The van der Waals surface area contributed by atoms with E-state index in [-0.39, 0.29) is 0 Å². The second-order valence-corrected chi connectivity index (χ2v) is 6.10. The summed E-state index contributed by atoms with van der Waals surface area (Å²) in [5.74, 6) is 1.16. The first kappa shape index (κ1) is 16.8. The van der Waals surface area contributed by atoms with Gasteiger partial charge in [-0.2, -0.15) is 0 Å². The second-order valence-electron chi connectivity index (χ2n) is 6.10. The molecule has 1 aromatic heterocycles. The average molecular weight is 300 g/mol. The molecule has 120 valence electrons. The molecule has 22 heavy (non-hydrogen) atoms. The summed E-state index contributed by atoms with van der Waals surface area (Å²) in [7, 11) is 0. The monoisotopic (exact) mass is 300 g/mol. The highest BCUT2D eigenvalue weighted by Crippen LogP contribution is 2.31. The van der Waals surface area contributed by atoms with Crippen molar-refractivity contribution in [2.75, 3.05) is 19.6 Å². The summed E-state index contributed by atoms with van der Waals surface area (Å²) in [4.78, 5) is 8.74. The van der Waals surface area contributed by atoms with E-state index in [2.05, 4.69) is 46.9 Å². The number of pyridine rings is 1. The van der Waals surface area contributed by atoms with Crippen molar-refractivity contribution in [3.8, 4) is 0 Å². The van der Waals surface area contributed by atoms with Crippen LogP contribution in [0.4, 0.5) is 5.69 Å². The van der Waals surface area contributed by atoms with E-state index >= 15 is 0 Å². The normalized spacial score (nSPS) is 17.1. The van der Waals surface area contributed by atoms with Crippen LogP contribution in [0.15, 0.2) is 29.9 Å². The Kier molecular flexibility index (Phi) is 6.74. The van der Waals surface area contributed by atoms with Crippen LogP contribution in [-0.4, -0.2) is 31.3 Å². The average Bonchev–Trinajstić information content (AvgIpc) is 2.56. The minimum Gasteiger partial charge on any atom is -0.317 e. The fourth-order valence-corrected chi connectivity index (χ4v) is 3.08. The molecule has 0 aliphatic carbocycles. The van der Waals surface area contributed by atoms with E-state index in [1.807, 2.05) is 12.3 Å². The summed E-state index contributed by atoms with van der Waals surface area (Å²) in [6, 6.07) is 2.05. The Balaban J connectivity index is 1.98. The molecular weight excluding hydrogens is 272 g/mol. The van der Waals surface area contributed by atoms with Gasteiger partial charge in [0.15, 0.2) is 0 Å². The van der Waals surface area contributed by atoms with Crippen molar-refractivity contribution in [2.45, 2.75) is 38.6 Å². The SMILES string of the molecule is C=CCC(C)c1ccnc(CNCC2CCNCC2)c1N=C. The maximum absolute atomic E-state index is 4.50. The summed E-state index contributed by atoms with van der Waals surface area (Å²) in [6.07, 6.45) is 7.28. The number of hydrogen-bond acceptors (Lipinski definition) is 4. The van der Waals surface area contributed by atoms with E-state index in [4.69, 9.17) is 0 Å². The molecular formula is C18H28N4. The van der Waals surface area contributed by atoms with Crippen molar-refractivity contribution >= 4 is 12.4 Å². The largest absolute Gasteiger partial charge is 0.317 e. The lowest BCUT2D eigenvalue weighted by Gasteiger charge is -2.23. The third-order valence-electron chi connectivity index (χ3n) is 4.42. The maximum atomic E-state index is 4.50. The summed E-state index contributed by atoms with van der Waals surface area (Å²) in [5.41, 5.74) is 3.15. The number of rotatable bonds is 8. The molecule has 2 heterocycles. The van der Waals surface area contributed by atoms with Crippen molar-refractivity contribution in [1.82, 2.24) is 15.6 Å². The van der Waals surface area contributed by atoms with Crippen molar-refractivity contribution in [2.24, 2.45) is 10.9 Å². The van der Waals surface area contributed by atoms with Gasteiger partial charge in [0.25, 0.3) is 0 Å². The Morgan fingerprint density at radius 1 is 1.50 bits per heavy atom. The van der Waals surface area contributed by atoms with E-state index < -0.39 is 0 Å². The molecule has 0 amide bonds. The number of piperidine rings is 1. The van der Waals surface area contributed by atoms with Crippen molar-refractivity contribution in [3.63, 3.8) is 0 Å². The summed E-state index contributed by atoms with van der Waals surface area (Å²) < 4.78 is 0. The molecule has 1 unspecified atom stereocenters. The highest BCUT2D eigenvalue weighted by atomic mass is 14.9. The van der Waals surface area contributed by atoms with Crippen LogP contribution in [0.2, 0.25) is 0 Å². The first-order valence-corrected chi connectivity index (χ1v) is 8.23. The Morgan fingerprint density at radius 3 is 2.95 bits per heavy atom. The molecule has 4 nitrogen and oxygen atoms in total. The van der Waals surface area contributed by atoms with Crippen molar-refractivity contribution in [1.29, 1.82) is 0 Å². The van der Waals surface area contributed by atoms with E-state index in [0.29, 0.717) is 5.92 Å². The highest BCUT2D eigenvalue weighted by molar-refractivity contribution is 5.55. The summed E-state index contributed by atoms with van der Waals surface area (Å²) in [6.45, 7) is 13.8. The summed E-state index contributed by atoms with van der Waals surface area (Å²) >= 11 is 0. The molecule has 1 aliphatic heterocycles. The van der Waals surface area contributed by atoms with Gasteiger partial charge in [0, 0.05) is 12.7 Å². The van der Waals surface area contributed by atoms with Gasteiger partial charge in [0.2, 0.25) is 0 Å². The van der Waals surface area contributed by atoms with Gasteiger partial charge in [0.1, 0.15) is 0 Å². The van der Waals surface area contributed by atoms with Crippen LogP contribution >= 0.6 is 0 Å². The Bertz CT molecular complexity index is 492. The molecule has 0 bridgehead atoms. The van der Waals surface area contributed by atoms with E-state index in [1.54, 1.807) is 0 Å². The Labute approximate surface area is 134 Å². The molecule has 2 N–H and O–H groups in total. The molecule has 0 radical (unpaired) electrons. The standard InChI is InChI=1S/C18H28N4/c1-4-5-14(2)16-8-11-22-17(18(16)19-3)13-21-12-15-6-9-20-10-7-15/h4,8,11,14-15,20-21H,1,3,5-7,9-10,12-13H2,2H3. The Morgan fingerprint density at radius 2 is 2.27 bits per heavy atom. The number of allylic oxidation sites excluding steroid dienone is 1. The lowest BCUT2D eigenvalue weighted by molar-refractivity contribution is 0.356. The van der Waals surface area contributed by atoms with Gasteiger partial charge < -0.3 is 10.6 Å². The molecule has 0 spiro atoms. The molecule has 1 fully saturated rings. The Hall–Kier alpha value is -1.52. The number of aliphatic imine (C=N–C) groups is 1. The number of nitrogens with zero attached hydrogens (tertiary/aromatic N) is 2. The summed E-state index contributed by atoms with van der Waals surface area (Å²) in [5, 5.41) is 6.95. The van der Waals surface area contributed by atoms with Crippen LogP contribution in [0.25, 0.3) is 0 Å². The van der Waals surface area contributed by atoms with Gasteiger partial charge in [-0.25, -0.2) is 0 Å². The molecule has 1 aliphatic rings. The van der Waals surface area contributed by atoms with Crippen LogP contribution < -0.4 is 10.6 Å². The van der Waals surface area contributed by atoms with Gasteiger partial charge in [-0.3, -0.25) is 9.98 Å². The minimum atomic E-state index is 0.393. The van der Waals surface area contributed by atoms with Crippen LogP contribution in [0.1, 0.15) is 43.4 Å². The van der Waals surface area contributed by atoms with E-state index in [9.17, 15) is 0 Å². The lowest BCUT2D eigenvalue weighted by atomic mass is 9.96. The molecule has 1 aromatic rings.